The minimum atomic E-state index is -3.42. The van der Waals surface area contributed by atoms with Gasteiger partial charge in [0, 0.05) is 43.7 Å². The zero-order valence-corrected chi connectivity index (χ0v) is 18.6. The van der Waals surface area contributed by atoms with Gasteiger partial charge in [-0.15, -0.1) is 0 Å². The molecule has 1 aliphatic heterocycles. The molecule has 0 N–H and O–H groups in total. The minimum Gasteiger partial charge on any atom is -0.368 e. The molecule has 1 heterocycles. The number of hydrogen-bond donors (Lipinski definition) is 0. The van der Waals surface area contributed by atoms with Gasteiger partial charge in [-0.2, -0.15) is 0 Å². The van der Waals surface area contributed by atoms with Gasteiger partial charge in [0.25, 0.3) is 5.91 Å². The van der Waals surface area contributed by atoms with E-state index in [0.29, 0.717) is 18.7 Å². The molecule has 0 unspecified atom stereocenters. The number of carbonyl (C=O) groups excluding carboxylic acids is 1. The molecule has 6 heteroatoms. The van der Waals surface area contributed by atoms with Crippen LogP contribution in [0, 0.1) is 6.92 Å². The lowest BCUT2D eigenvalue weighted by Gasteiger charge is -2.36. The average Bonchev–Trinajstić information content (AvgIpc) is 2.79. The fraction of sp³-hybridized carbons (Fsp3) is 0.240. The second-order valence-corrected chi connectivity index (χ2v) is 9.98. The summed E-state index contributed by atoms with van der Waals surface area (Å²) in [7, 11) is -3.42. The molecule has 0 bridgehead atoms. The number of piperazine rings is 1. The van der Waals surface area contributed by atoms with E-state index in [-0.39, 0.29) is 10.8 Å². The van der Waals surface area contributed by atoms with Gasteiger partial charge in [-0.1, -0.05) is 54.1 Å². The summed E-state index contributed by atoms with van der Waals surface area (Å²) in [6, 6.07) is 22.8. The summed E-state index contributed by atoms with van der Waals surface area (Å²) >= 11 is 0. The molecule has 0 spiro atoms. The minimum absolute atomic E-state index is 0.132. The maximum absolute atomic E-state index is 13.5. The Labute approximate surface area is 183 Å². The summed E-state index contributed by atoms with van der Waals surface area (Å²) in [5.41, 5.74) is 4.44. The predicted molar refractivity (Wildman–Crippen MR) is 124 cm³/mol. The average molecular weight is 435 g/mol. The van der Waals surface area contributed by atoms with Crippen LogP contribution in [0.15, 0.2) is 77.7 Å². The molecule has 4 rings (SSSR count). The van der Waals surface area contributed by atoms with E-state index in [0.717, 1.165) is 29.9 Å². The van der Waals surface area contributed by atoms with Crippen LogP contribution < -0.4 is 4.90 Å². The fourth-order valence-electron chi connectivity index (χ4n) is 3.89. The van der Waals surface area contributed by atoms with Crippen molar-refractivity contribution in [1.29, 1.82) is 0 Å². The summed E-state index contributed by atoms with van der Waals surface area (Å²) in [5, 5.41) is 0. The SMILES string of the molecule is Cc1ccc(N2CCN(C(=O)c3cc(S(C)(=O)=O)ccc3-c3ccccc3)CC2)cc1. The lowest BCUT2D eigenvalue weighted by atomic mass is 9.98. The van der Waals surface area contributed by atoms with Crippen LogP contribution in [0.2, 0.25) is 0 Å². The van der Waals surface area contributed by atoms with E-state index in [2.05, 4.69) is 36.1 Å². The number of hydrogen-bond acceptors (Lipinski definition) is 4. The third-order valence-corrected chi connectivity index (χ3v) is 6.81. The number of rotatable bonds is 4. The molecule has 0 saturated carbocycles. The normalized spacial score (nSPS) is 14.5. The summed E-state index contributed by atoms with van der Waals surface area (Å²) in [6.45, 7) is 4.71. The highest BCUT2D eigenvalue weighted by molar-refractivity contribution is 7.90. The van der Waals surface area contributed by atoms with Gasteiger partial charge >= 0.3 is 0 Å². The Kier molecular flexibility index (Phi) is 5.83. The van der Waals surface area contributed by atoms with Gasteiger partial charge in [0.05, 0.1) is 4.90 Å². The molecule has 5 nitrogen and oxygen atoms in total. The van der Waals surface area contributed by atoms with Crippen LogP contribution in [0.1, 0.15) is 15.9 Å². The Balaban J connectivity index is 1.61. The molecule has 1 saturated heterocycles. The molecule has 0 aliphatic carbocycles. The van der Waals surface area contributed by atoms with Gasteiger partial charge in [0.1, 0.15) is 0 Å². The second kappa shape index (κ2) is 8.55. The van der Waals surface area contributed by atoms with Crippen molar-refractivity contribution in [3.63, 3.8) is 0 Å². The molecule has 160 valence electrons. The number of aryl methyl sites for hydroxylation is 1. The monoisotopic (exact) mass is 434 g/mol. The van der Waals surface area contributed by atoms with Crippen molar-refractivity contribution >= 4 is 21.4 Å². The number of anilines is 1. The molecule has 1 fully saturated rings. The van der Waals surface area contributed by atoms with E-state index in [1.807, 2.05) is 35.2 Å². The maximum atomic E-state index is 13.5. The maximum Gasteiger partial charge on any atom is 0.254 e. The molecule has 3 aromatic carbocycles. The van der Waals surface area contributed by atoms with Gasteiger partial charge in [-0.3, -0.25) is 4.79 Å². The predicted octanol–water partition coefficient (Wildman–Crippen LogP) is 4.03. The van der Waals surface area contributed by atoms with Crippen molar-refractivity contribution in [2.45, 2.75) is 11.8 Å². The zero-order chi connectivity index (χ0) is 22.0. The van der Waals surface area contributed by atoms with Crippen molar-refractivity contribution in [3.05, 3.63) is 83.9 Å². The van der Waals surface area contributed by atoms with E-state index >= 15 is 0 Å². The van der Waals surface area contributed by atoms with Crippen molar-refractivity contribution in [1.82, 2.24) is 4.90 Å². The standard InChI is InChI=1S/C25H26N2O3S/c1-19-8-10-21(11-9-19)26-14-16-27(17-15-26)25(28)24-18-22(31(2,29)30)12-13-23(24)20-6-4-3-5-7-20/h3-13,18H,14-17H2,1-2H3. The largest absolute Gasteiger partial charge is 0.368 e. The van der Waals surface area contributed by atoms with Crippen LogP contribution in [0.25, 0.3) is 11.1 Å². The van der Waals surface area contributed by atoms with E-state index in [1.54, 1.807) is 12.1 Å². The highest BCUT2D eigenvalue weighted by atomic mass is 32.2. The summed E-state index contributed by atoms with van der Waals surface area (Å²) in [5.74, 6) is -0.132. The highest BCUT2D eigenvalue weighted by Crippen LogP contribution is 2.28. The highest BCUT2D eigenvalue weighted by Gasteiger charge is 2.25. The van der Waals surface area contributed by atoms with Gasteiger partial charge in [0.15, 0.2) is 9.84 Å². The smallest absolute Gasteiger partial charge is 0.254 e. The summed E-state index contributed by atoms with van der Waals surface area (Å²) in [6.07, 6.45) is 1.17. The lowest BCUT2D eigenvalue weighted by molar-refractivity contribution is 0.0747. The van der Waals surface area contributed by atoms with E-state index < -0.39 is 9.84 Å². The molecule has 0 radical (unpaired) electrons. The fourth-order valence-corrected chi connectivity index (χ4v) is 4.54. The van der Waals surface area contributed by atoms with Crippen LogP contribution in [-0.4, -0.2) is 51.7 Å². The third kappa shape index (κ3) is 4.64. The quantitative estimate of drug-likeness (QED) is 0.622. The zero-order valence-electron chi connectivity index (χ0n) is 17.8. The number of nitrogens with zero attached hydrogens (tertiary/aromatic N) is 2. The summed E-state index contributed by atoms with van der Waals surface area (Å²) in [4.78, 5) is 17.7. The van der Waals surface area contributed by atoms with E-state index in [9.17, 15) is 13.2 Å². The number of amides is 1. The molecule has 3 aromatic rings. The second-order valence-electron chi connectivity index (χ2n) is 7.96. The third-order valence-electron chi connectivity index (χ3n) is 5.70. The van der Waals surface area contributed by atoms with E-state index in [4.69, 9.17) is 0 Å². The first-order valence-corrected chi connectivity index (χ1v) is 12.2. The Morgan fingerprint density at radius 1 is 0.839 bits per heavy atom. The van der Waals surface area contributed by atoms with Gasteiger partial charge < -0.3 is 9.80 Å². The first-order chi connectivity index (χ1) is 14.8. The van der Waals surface area contributed by atoms with Gasteiger partial charge in [-0.25, -0.2) is 8.42 Å². The Morgan fingerprint density at radius 2 is 1.48 bits per heavy atom. The number of sulfone groups is 1. The van der Waals surface area contributed by atoms with Crippen molar-refractivity contribution in [2.75, 3.05) is 37.3 Å². The molecule has 1 amide bonds. The molecular formula is C25H26N2O3S. The first-order valence-electron chi connectivity index (χ1n) is 10.3. The first kappa shape index (κ1) is 21.1. The van der Waals surface area contributed by atoms with Crippen LogP contribution in [0.5, 0.6) is 0 Å². The summed E-state index contributed by atoms with van der Waals surface area (Å²) < 4.78 is 24.2. The molecule has 1 aliphatic rings. The Bertz CT molecular complexity index is 1180. The lowest BCUT2D eigenvalue weighted by Crippen LogP contribution is -2.48. The van der Waals surface area contributed by atoms with Crippen molar-refractivity contribution in [2.24, 2.45) is 0 Å². The van der Waals surface area contributed by atoms with Crippen LogP contribution in [-0.2, 0) is 9.84 Å². The number of carbonyl (C=O) groups is 1. The number of benzene rings is 3. The molecule has 0 atom stereocenters. The van der Waals surface area contributed by atoms with Crippen LogP contribution in [0.3, 0.4) is 0 Å². The van der Waals surface area contributed by atoms with E-state index in [1.165, 1.54) is 17.9 Å². The van der Waals surface area contributed by atoms with Gasteiger partial charge in [0.2, 0.25) is 0 Å². The molecule has 0 aromatic heterocycles. The molecular weight excluding hydrogens is 408 g/mol. The Morgan fingerprint density at radius 3 is 2.10 bits per heavy atom. The van der Waals surface area contributed by atoms with Gasteiger partial charge in [-0.05, 0) is 42.3 Å². The van der Waals surface area contributed by atoms with Crippen molar-refractivity contribution in [3.8, 4) is 11.1 Å². The topological polar surface area (TPSA) is 57.7 Å². The van der Waals surface area contributed by atoms with Crippen LogP contribution in [0.4, 0.5) is 5.69 Å². The molecule has 31 heavy (non-hydrogen) atoms. The Hall–Kier alpha value is -3.12. The van der Waals surface area contributed by atoms with Crippen LogP contribution >= 0.6 is 0 Å². The van der Waals surface area contributed by atoms with Crippen molar-refractivity contribution < 1.29 is 13.2 Å².